The van der Waals surface area contributed by atoms with Crippen LogP contribution in [-0.2, 0) is 13.0 Å². The molecular formula is C21H24N4O. The van der Waals surface area contributed by atoms with E-state index in [1.54, 1.807) is 13.4 Å². The molecule has 5 heteroatoms. The summed E-state index contributed by atoms with van der Waals surface area (Å²) in [6.45, 7) is 1.60. The molecule has 0 saturated heterocycles. The summed E-state index contributed by atoms with van der Waals surface area (Å²) in [7, 11) is 3.72. The Morgan fingerprint density at radius 3 is 2.58 bits per heavy atom. The number of methoxy groups -OCH3 is 1. The summed E-state index contributed by atoms with van der Waals surface area (Å²) in [5.74, 6) is 2.61. The van der Waals surface area contributed by atoms with Gasteiger partial charge in [-0.05, 0) is 29.7 Å². The first-order valence-electron chi connectivity index (χ1n) is 8.68. The van der Waals surface area contributed by atoms with Gasteiger partial charge in [-0.2, -0.15) is 0 Å². The molecule has 5 nitrogen and oxygen atoms in total. The molecule has 0 saturated carbocycles. The number of anilines is 2. The molecule has 1 heterocycles. The van der Waals surface area contributed by atoms with Crippen molar-refractivity contribution >= 4 is 11.6 Å². The second-order valence-corrected chi connectivity index (χ2v) is 6.13. The number of hydrogen-bond donors (Lipinski definition) is 1. The van der Waals surface area contributed by atoms with Crippen molar-refractivity contribution in [2.75, 3.05) is 30.9 Å². The molecule has 0 aliphatic rings. The lowest BCUT2D eigenvalue weighted by Crippen LogP contribution is -2.18. The Balaban J connectivity index is 1.56. The first-order valence-corrected chi connectivity index (χ1v) is 8.68. The first kappa shape index (κ1) is 17.7. The summed E-state index contributed by atoms with van der Waals surface area (Å²) in [5.41, 5.74) is 2.48. The second-order valence-electron chi connectivity index (χ2n) is 6.13. The third-order valence-corrected chi connectivity index (χ3v) is 4.16. The van der Waals surface area contributed by atoms with Crippen LogP contribution in [0, 0.1) is 0 Å². The van der Waals surface area contributed by atoms with Gasteiger partial charge in [0.15, 0.2) is 0 Å². The van der Waals surface area contributed by atoms with Crippen LogP contribution in [0.25, 0.3) is 0 Å². The number of nitrogens with one attached hydrogen (secondary N) is 1. The quantitative estimate of drug-likeness (QED) is 0.671. The molecule has 3 aromatic rings. The summed E-state index contributed by atoms with van der Waals surface area (Å²) in [4.78, 5) is 10.8. The van der Waals surface area contributed by atoms with Crippen LogP contribution in [-0.4, -0.2) is 30.7 Å². The standard InChI is InChI=1S/C21H24N4O/c1-25(15-18-7-4-3-5-8-18)21-14-20(23-16-24-21)22-12-11-17-9-6-10-19(13-17)26-2/h3-10,13-14,16H,11-12,15H2,1-2H3,(H,22,23,24). The lowest BCUT2D eigenvalue weighted by atomic mass is 10.1. The van der Waals surface area contributed by atoms with Crippen molar-refractivity contribution in [2.45, 2.75) is 13.0 Å². The highest BCUT2D eigenvalue weighted by Crippen LogP contribution is 2.16. The van der Waals surface area contributed by atoms with E-state index in [4.69, 9.17) is 4.74 Å². The van der Waals surface area contributed by atoms with Gasteiger partial charge < -0.3 is 15.0 Å². The van der Waals surface area contributed by atoms with Crippen LogP contribution in [0.1, 0.15) is 11.1 Å². The molecule has 134 valence electrons. The van der Waals surface area contributed by atoms with Gasteiger partial charge in [0, 0.05) is 26.2 Å². The van der Waals surface area contributed by atoms with Crippen molar-refractivity contribution in [3.63, 3.8) is 0 Å². The largest absolute Gasteiger partial charge is 0.497 e. The van der Waals surface area contributed by atoms with E-state index in [0.717, 1.165) is 36.9 Å². The molecule has 3 rings (SSSR count). The zero-order valence-electron chi connectivity index (χ0n) is 15.2. The number of hydrogen-bond acceptors (Lipinski definition) is 5. The first-order chi connectivity index (χ1) is 12.7. The van der Waals surface area contributed by atoms with Gasteiger partial charge in [0.25, 0.3) is 0 Å². The summed E-state index contributed by atoms with van der Waals surface area (Å²) >= 11 is 0. The molecule has 2 aromatic carbocycles. The molecule has 0 unspecified atom stereocenters. The number of nitrogens with zero attached hydrogens (tertiary/aromatic N) is 3. The van der Waals surface area contributed by atoms with Crippen molar-refractivity contribution in [3.8, 4) is 5.75 Å². The maximum absolute atomic E-state index is 5.26. The van der Waals surface area contributed by atoms with E-state index < -0.39 is 0 Å². The Morgan fingerprint density at radius 2 is 1.77 bits per heavy atom. The average Bonchev–Trinajstić information content (AvgIpc) is 2.69. The molecule has 1 aromatic heterocycles. The molecule has 0 spiro atoms. The van der Waals surface area contributed by atoms with Crippen LogP contribution in [0.15, 0.2) is 67.0 Å². The minimum Gasteiger partial charge on any atom is -0.497 e. The monoisotopic (exact) mass is 348 g/mol. The van der Waals surface area contributed by atoms with Crippen molar-refractivity contribution in [1.82, 2.24) is 9.97 Å². The van der Waals surface area contributed by atoms with Crippen LogP contribution < -0.4 is 15.0 Å². The Kier molecular flexibility index (Phi) is 6.04. The number of aromatic nitrogens is 2. The molecule has 0 bridgehead atoms. The Labute approximate surface area is 154 Å². The highest BCUT2D eigenvalue weighted by Gasteiger charge is 2.05. The highest BCUT2D eigenvalue weighted by atomic mass is 16.5. The average molecular weight is 348 g/mol. The van der Waals surface area contributed by atoms with E-state index in [1.807, 2.05) is 31.3 Å². The van der Waals surface area contributed by atoms with Gasteiger partial charge in [0.05, 0.1) is 7.11 Å². The molecule has 0 amide bonds. The second kappa shape index (κ2) is 8.85. The minimum atomic E-state index is 0.798. The molecule has 0 aliphatic carbocycles. The summed E-state index contributed by atoms with van der Waals surface area (Å²) in [6.07, 6.45) is 2.50. The van der Waals surface area contributed by atoms with Gasteiger partial charge in [-0.3, -0.25) is 0 Å². The van der Waals surface area contributed by atoms with Gasteiger partial charge in [0.2, 0.25) is 0 Å². The highest BCUT2D eigenvalue weighted by molar-refractivity contribution is 5.48. The van der Waals surface area contributed by atoms with Gasteiger partial charge in [0.1, 0.15) is 23.7 Å². The third-order valence-electron chi connectivity index (χ3n) is 4.16. The predicted octanol–water partition coefficient (Wildman–Crippen LogP) is 3.78. The lowest BCUT2D eigenvalue weighted by molar-refractivity contribution is 0.414. The fraction of sp³-hybridized carbons (Fsp3) is 0.238. The topological polar surface area (TPSA) is 50.3 Å². The van der Waals surface area contributed by atoms with Gasteiger partial charge in [-0.15, -0.1) is 0 Å². The molecule has 0 radical (unpaired) electrons. The fourth-order valence-corrected chi connectivity index (χ4v) is 2.75. The molecule has 26 heavy (non-hydrogen) atoms. The molecule has 1 N–H and O–H groups in total. The molecule has 0 fully saturated rings. The number of benzene rings is 2. The van der Waals surface area contributed by atoms with Crippen LogP contribution >= 0.6 is 0 Å². The van der Waals surface area contributed by atoms with E-state index in [2.05, 4.69) is 56.6 Å². The van der Waals surface area contributed by atoms with Crippen molar-refractivity contribution in [3.05, 3.63) is 78.1 Å². The molecule has 0 aliphatic heterocycles. The maximum atomic E-state index is 5.26. The van der Waals surface area contributed by atoms with E-state index >= 15 is 0 Å². The normalized spacial score (nSPS) is 10.4. The van der Waals surface area contributed by atoms with E-state index in [9.17, 15) is 0 Å². The number of rotatable bonds is 8. The van der Waals surface area contributed by atoms with Crippen molar-refractivity contribution < 1.29 is 4.74 Å². The molecule has 0 atom stereocenters. The zero-order chi connectivity index (χ0) is 18.2. The summed E-state index contributed by atoms with van der Waals surface area (Å²) in [5, 5.41) is 3.37. The number of ether oxygens (including phenoxy) is 1. The van der Waals surface area contributed by atoms with Crippen LogP contribution in [0.4, 0.5) is 11.6 Å². The zero-order valence-corrected chi connectivity index (χ0v) is 15.2. The fourth-order valence-electron chi connectivity index (χ4n) is 2.75. The van der Waals surface area contributed by atoms with Gasteiger partial charge >= 0.3 is 0 Å². The summed E-state index contributed by atoms with van der Waals surface area (Å²) < 4.78 is 5.26. The third kappa shape index (κ3) is 4.96. The smallest absolute Gasteiger partial charge is 0.134 e. The van der Waals surface area contributed by atoms with E-state index in [1.165, 1.54) is 11.1 Å². The Morgan fingerprint density at radius 1 is 0.962 bits per heavy atom. The van der Waals surface area contributed by atoms with E-state index in [0.29, 0.717) is 0 Å². The van der Waals surface area contributed by atoms with E-state index in [-0.39, 0.29) is 0 Å². The maximum Gasteiger partial charge on any atom is 0.134 e. The lowest BCUT2D eigenvalue weighted by Gasteiger charge is -2.18. The Hall–Kier alpha value is -3.08. The molecular weight excluding hydrogens is 324 g/mol. The summed E-state index contributed by atoms with van der Waals surface area (Å²) in [6, 6.07) is 20.5. The Bertz CT molecular complexity index is 823. The van der Waals surface area contributed by atoms with Crippen LogP contribution in [0.5, 0.6) is 5.75 Å². The van der Waals surface area contributed by atoms with Crippen molar-refractivity contribution in [1.29, 1.82) is 0 Å². The van der Waals surface area contributed by atoms with Crippen LogP contribution in [0.2, 0.25) is 0 Å². The minimum absolute atomic E-state index is 0.798. The predicted molar refractivity (Wildman–Crippen MR) is 106 cm³/mol. The van der Waals surface area contributed by atoms with Gasteiger partial charge in [-0.25, -0.2) is 9.97 Å². The SMILES string of the molecule is COc1cccc(CCNc2cc(N(C)Cc3ccccc3)ncn2)c1. The van der Waals surface area contributed by atoms with Gasteiger partial charge in [-0.1, -0.05) is 42.5 Å². The van der Waals surface area contributed by atoms with Crippen LogP contribution in [0.3, 0.4) is 0 Å². The van der Waals surface area contributed by atoms with Crippen molar-refractivity contribution in [2.24, 2.45) is 0 Å².